The first-order valence-corrected chi connectivity index (χ1v) is 8.92. The fourth-order valence-electron chi connectivity index (χ4n) is 2.85. The predicted molar refractivity (Wildman–Crippen MR) is 104 cm³/mol. The molecule has 0 aliphatic carbocycles. The van der Waals surface area contributed by atoms with Crippen LogP contribution in [0, 0.1) is 0 Å². The molecule has 4 heteroatoms. The van der Waals surface area contributed by atoms with E-state index in [9.17, 15) is 0 Å². The molecule has 1 aromatic carbocycles. The first-order valence-electron chi connectivity index (χ1n) is 8.92. The van der Waals surface area contributed by atoms with Gasteiger partial charge in [-0.05, 0) is 56.3 Å². The van der Waals surface area contributed by atoms with Gasteiger partial charge in [0.25, 0.3) is 0 Å². The van der Waals surface area contributed by atoms with Crippen LogP contribution < -0.4 is 5.46 Å². The lowest BCUT2D eigenvalue weighted by molar-refractivity contribution is 0.00578. The summed E-state index contributed by atoms with van der Waals surface area (Å²) >= 11 is 0. The Bertz CT molecular complexity index is 744. The normalized spacial score (nSPS) is 19.2. The molecule has 3 nitrogen and oxygen atoms in total. The lowest BCUT2D eigenvalue weighted by atomic mass is 9.78. The van der Waals surface area contributed by atoms with Crippen molar-refractivity contribution in [1.82, 2.24) is 4.98 Å². The van der Waals surface area contributed by atoms with Crippen molar-refractivity contribution in [2.45, 2.75) is 65.1 Å². The van der Waals surface area contributed by atoms with Gasteiger partial charge in [0, 0.05) is 11.8 Å². The molecule has 1 fully saturated rings. The highest BCUT2D eigenvalue weighted by molar-refractivity contribution is 6.62. The number of hydrogen-bond donors (Lipinski definition) is 0. The Morgan fingerprint density at radius 3 is 1.96 bits per heavy atom. The first kappa shape index (κ1) is 18.2. The van der Waals surface area contributed by atoms with E-state index in [0.717, 1.165) is 16.7 Å². The quantitative estimate of drug-likeness (QED) is 0.764. The highest BCUT2D eigenvalue weighted by Crippen LogP contribution is 2.36. The molecule has 25 heavy (non-hydrogen) atoms. The minimum absolute atomic E-state index is 0.111. The second kappa shape index (κ2) is 5.96. The van der Waals surface area contributed by atoms with E-state index in [2.05, 4.69) is 89.8 Å². The van der Waals surface area contributed by atoms with E-state index in [4.69, 9.17) is 9.31 Å². The Kier molecular flexibility index (Phi) is 4.33. The average molecular weight is 337 g/mol. The van der Waals surface area contributed by atoms with Crippen LogP contribution in [0.25, 0.3) is 11.3 Å². The van der Waals surface area contributed by atoms with Crippen molar-refractivity contribution in [3.05, 3.63) is 48.2 Å². The van der Waals surface area contributed by atoms with E-state index in [1.807, 2.05) is 6.20 Å². The zero-order chi connectivity index (χ0) is 18.5. The van der Waals surface area contributed by atoms with E-state index in [1.165, 1.54) is 5.56 Å². The molecule has 1 aliphatic rings. The van der Waals surface area contributed by atoms with Gasteiger partial charge in [0.1, 0.15) is 0 Å². The molecule has 2 heterocycles. The van der Waals surface area contributed by atoms with Crippen molar-refractivity contribution in [3.63, 3.8) is 0 Å². The van der Waals surface area contributed by atoms with Gasteiger partial charge < -0.3 is 9.31 Å². The third-order valence-electron chi connectivity index (χ3n) is 5.36. The number of rotatable bonds is 2. The van der Waals surface area contributed by atoms with E-state index < -0.39 is 0 Å². The molecule has 3 rings (SSSR count). The van der Waals surface area contributed by atoms with E-state index >= 15 is 0 Å². The summed E-state index contributed by atoms with van der Waals surface area (Å²) in [5.41, 5.74) is 3.89. The van der Waals surface area contributed by atoms with Gasteiger partial charge in [-0.15, -0.1) is 0 Å². The number of benzene rings is 1. The molecule has 0 unspecified atom stereocenters. The minimum atomic E-state index is -0.326. The van der Waals surface area contributed by atoms with Crippen molar-refractivity contribution in [3.8, 4) is 11.3 Å². The Hall–Kier alpha value is -1.65. The number of aromatic nitrogens is 1. The average Bonchev–Trinajstić information content (AvgIpc) is 2.75. The Morgan fingerprint density at radius 2 is 1.44 bits per heavy atom. The zero-order valence-corrected chi connectivity index (χ0v) is 16.4. The molecule has 1 saturated heterocycles. The SMILES string of the molecule is CC(C)(C)c1ccnc(-c2ccc(B3OC(C)(C)C(C)(C)O3)cc2)c1. The molecule has 2 aromatic rings. The van der Waals surface area contributed by atoms with Crippen molar-refractivity contribution in [1.29, 1.82) is 0 Å². The van der Waals surface area contributed by atoms with Crippen molar-refractivity contribution < 1.29 is 9.31 Å². The Morgan fingerprint density at radius 1 is 0.880 bits per heavy atom. The van der Waals surface area contributed by atoms with Gasteiger partial charge in [0.15, 0.2) is 0 Å². The highest BCUT2D eigenvalue weighted by atomic mass is 16.7. The molecule has 0 spiro atoms. The van der Waals surface area contributed by atoms with Crippen LogP contribution in [0.1, 0.15) is 54.0 Å². The first-order chi connectivity index (χ1) is 11.5. The molecule has 132 valence electrons. The number of nitrogens with zero attached hydrogens (tertiary/aromatic N) is 1. The largest absolute Gasteiger partial charge is 0.494 e. The van der Waals surface area contributed by atoms with E-state index in [0.29, 0.717) is 0 Å². The summed E-state index contributed by atoms with van der Waals surface area (Å²) in [5, 5.41) is 0. The van der Waals surface area contributed by atoms with Crippen LogP contribution in [0.2, 0.25) is 0 Å². The molecule has 0 amide bonds. The third kappa shape index (κ3) is 3.51. The molecule has 0 atom stereocenters. The van der Waals surface area contributed by atoms with Gasteiger partial charge in [0.05, 0.1) is 16.9 Å². The van der Waals surface area contributed by atoms with E-state index in [-0.39, 0.29) is 23.7 Å². The van der Waals surface area contributed by atoms with Crippen molar-refractivity contribution >= 4 is 12.6 Å². The van der Waals surface area contributed by atoms with Gasteiger partial charge in [-0.3, -0.25) is 4.98 Å². The summed E-state index contributed by atoms with van der Waals surface area (Å²) in [6.07, 6.45) is 1.89. The Balaban J connectivity index is 1.85. The van der Waals surface area contributed by atoms with Crippen LogP contribution in [0.5, 0.6) is 0 Å². The van der Waals surface area contributed by atoms with Gasteiger partial charge >= 0.3 is 7.12 Å². The molecule has 0 bridgehead atoms. The van der Waals surface area contributed by atoms with Crippen LogP contribution >= 0.6 is 0 Å². The second-order valence-corrected chi connectivity index (χ2v) is 8.89. The molecule has 1 aliphatic heterocycles. The predicted octanol–water partition coefficient (Wildman–Crippen LogP) is 4.35. The topological polar surface area (TPSA) is 31.4 Å². The summed E-state index contributed by atoms with van der Waals surface area (Å²) in [5.74, 6) is 0. The minimum Gasteiger partial charge on any atom is -0.399 e. The maximum Gasteiger partial charge on any atom is 0.494 e. The van der Waals surface area contributed by atoms with Crippen LogP contribution in [0.15, 0.2) is 42.6 Å². The molecule has 0 saturated carbocycles. The lowest BCUT2D eigenvalue weighted by Gasteiger charge is -2.32. The maximum absolute atomic E-state index is 6.12. The third-order valence-corrected chi connectivity index (χ3v) is 5.36. The number of hydrogen-bond acceptors (Lipinski definition) is 3. The summed E-state index contributed by atoms with van der Waals surface area (Å²) in [6, 6.07) is 12.6. The van der Waals surface area contributed by atoms with Crippen LogP contribution in [0.4, 0.5) is 0 Å². The molecular formula is C21H28BNO2. The summed E-state index contributed by atoms with van der Waals surface area (Å²) in [6.45, 7) is 14.9. The summed E-state index contributed by atoms with van der Waals surface area (Å²) in [4.78, 5) is 4.53. The molecule has 0 N–H and O–H groups in total. The van der Waals surface area contributed by atoms with Gasteiger partial charge in [0.2, 0.25) is 0 Å². The second-order valence-electron chi connectivity index (χ2n) is 8.89. The smallest absolute Gasteiger partial charge is 0.399 e. The molecule has 1 aromatic heterocycles. The fourth-order valence-corrected chi connectivity index (χ4v) is 2.85. The van der Waals surface area contributed by atoms with Crippen molar-refractivity contribution in [2.24, 2.45) is 0 Å². The summed E-state index contributed by atoms with van der Waals surface area (Å²) in [7, 11) is -0.326. The maximum atomic E-state index is 6.12. The standard InChI is InChI=1S/C21H28BNO2/c1-19(2,3)16-12-13-23-18(14-16)15-8-10-17(11-9-15)22-24-20(4,5)21(6,7)25-22/h8-14H,1-7H3. The van der Waals surface area contributed by atoms with Gasteiger partial charge in [-0.2, -0.15) is 0 Å². The zero-order valence-electron chi connectivity index (χ0n) is 16.4. The van der Waals surface area contributed by atoms with Gasteiger partial charge in [-0.1, -0.05) is 45.0 Å². The number of pyridine rings is 1. The van der Waals surface area contributed by atoms with Crippen molar-refractivity contribution in [2.75, 3.05) is 0 Å². The molecular weight excluding hydrogens is 309 g/mol. The highest BCUT2D eigenvalue weighted by Gasteiger charge is 2.51. The van der Waals surface area contributed by atoms with Crippen LogP contribution in [-0.4, -0.2) is 23.3 Å². The fraction of sp³-hybridized carbons (Fsp3) is 0.476. The van der Waals surface area contributed by atoms with Crippen LogP contribution in [-0.2, 0) is 14.7 Å². The Labute approximate surface area is 151 Å². The lowest BCUT2D eigenvalue weighted by Crippen LogP contribution is -2.41. The van der Waals surface area contributed by atoms with Gasteiger partial charge in [-0.25, -0.2) is 0 Å². The van der Waals surface area contributed by atoms with Crippen LogP contribution in [0.3, 0.4) is 0 Å². The monoisotopic (exact) mass is 337 g/mol. The summed E-state index contributed by atoms with van der Waals surface area (Å²) < 4.78 is 12.2. The molecule has 0 radical (unpaired) electrons. The van der Waals surface area contributed by atoms with E-state index in [1.54, 1.807) is 0 Å².